The first-order chi connectivity index (χ1) is 11.9. The Kier molecular flexibility index (Phi) is 5.80. The van der Waals surface area contributed by atoms with Crippen molar-refractivity contribution >= 4 is 21.7 Å². The van der Waals surface area contributed by atoms with Gasteiger partial charge in [0.2, 0.25) is 0 Å². The summed E-state index contributed by atoms with van der Waals surface area (Å²) in [7, 11) is -1.53. The summed E-state index contributed by atoms with van der Waals surface area (Å²) in [5, 5.41) is 0. The Morgan fingerprint density at radius 3 is 2.23 bits per heavy atom. The number of benzene rings is 1. The Balaban J connectivity index is 1.99. The van der Waals surface area contributed by atoms with Crippen LogP contribution in [0.2, 0.25) is 0 Å². The molecule has 0 spiro atoms. The number of hydrogen-bond acceptors (Lipinski definition) is 5. The Bertz CT molecular complexity index is 777. The topological polar surface area (TPSA) is 80.8 Å². The van der Waals surface area contributed by atoms with Gasteiger partial charge in [0, 0.05) is 13.1 Å². The van der Waals surface area contributed by atoms with E-state index in [1.54, 1.807) is 19.2 Å². The number of hydrogen-bond donors (Lipinski definition) is 0. The molecule has 2 unspecified atom stereocenters. The summed E-state index contributed by atoms with van der Waals surface area (Å²) in [6.45, 7) is 7.75. The molecule has 1 aromatic rings. The maximum absolute atomic E-state index is 12.4. The molecule has 1 aliphatic rings. The van der Waals surface area contributed by atoms with Gasteiger partial charge in [0.15, 0.2) is 15.9 Å². The maximum atomic E-state index is 12.4. The van der Waals surface area contributed by atoms with E-state index in [0.29, 0.717) is 12.0 Å². The van der Waals surface area contributed by atoms with Crippen LogP contribution in [0.5, 0.6) is 0 Å². The predicted molar refractivity (Wildman–Crippen MR) is 99.8 cm³/mol. The van der Waals surface area contributed by atoms with Crippen LogP contribution in [0.1, 0.15) is 50.0 Å². The highest BCUT2D eigenvalue weighted by Gasteiger charge is 2.35. The molecule has 0 N–H and O–H groups in total. The van der Waals surface area contributed by atoms with Crippen LogP contribution in [0.15, 0.2) is 24.3 Å². The van der Waals surface area contributed by atoms with E-state index < -0.39 is 27.8 Å². The van der Waals surface area contributed by atoms with Gasteiger partial charge in [-0.3, -0.25) is 4.79 Å². The highest BCUT2D eigenvalue weighted by molar-refractivity contribution is 7.91. The molecule has 1 aromatic carbocycles. The largest absolute Gasteiger partial charge is 0.449 e. The normalized spacial score (nSPS) is 20.4. The molecule has 1 fully saturated rings. The van der Waals surface area contributed by atoms with Crippen LogP contribution in [-0.2, 0) is 24.8 Å². The van der Waals surface area contributed by atoms with Crippen LogP contribution in [0.3, 0.4) is 0 Å². The van der Waals surface area contributed by atoms with E-state index in [0.717, 1.165) is 5.56 Å². The van der Waals surface area contributed by atoms with E-state index in [9.17, 15) is 18.0 Å². The maximum Gasteiger partial charge on any atom is 0.338 e. The second-order valence-corrected chi connectivity index (χ2v) is 10.1. The zero-order valence-electron chi connectivity index (χ0n) is 16.0. The zero-order valence-corrected chi connectivity index (χ0v) is 16.8. The van der Waals surface area contributed by atoms with Crippen molar-refractivity contribution in [2.24, 2.45) is 0 Å². The summed E-state index contributed by atoms with van der Waals surface area (Å²) >= 11 is 0. The lowest BCUT2D eigenvalue weighted by Gasteiger charge is -2.26. The molecule has 1 saturated heterocycles. The molecule has 0 aromatic heterocycles. The quantitative estimate of drug-likeness (QED) is 0.747. The molecule has 2 atom stereocenters. The first-order valence-electron chi connectivity index (χ1n) is 8.69. The number of sulfone groups is 1. The summed E-state index contributed by atoms with van der Waals surface area (Å²) in [4.78, 5) is 26.1. The molecular weight excluding hydrogens is 354 g/mol. The molecule has 1 heterocycles. The first kappa shape index (κ1) is 20.4. The van der Waals surface area contributed by atoms with Crippen molar-refractivity contribution in [2.45, 2.75) is 51.7 Å². The summed E-state index contributed by atoms with van der Waals surface area (Å²) in [6, 6.07) is 6.76. The van der Waals surface area contributed by atoms with E-state index in [1.165, 1.54) is 11.8 Å². The number of carbonyl (C=O) groups is 2. The van der Waals surface area contributed by atoms with E-state index in [-0.39, 0.29) is 23.0 Å². The second kappa shape index (κ2) is 7.39. The van der Waals surface area contributed by atoms with Crippen LogP contribution in [0, 0.1) is 0 Å². The molecule has 0 aliphatic carbocycles. The Labute approximate surface area is 155 Å². The van der Waals surface area contributed by atoms with Gasteiger partial charge >= 0.3 is 5.97 Å². The molecule has 0 bridgehead atoms. The smallest absolute Gasteiger partial charge is 0.338 e. The number of rotatable bonds is 4. The minimum absolute atomic E-state index is 0.0178. The van der Waals surface area contributed by atoms with Gasteiger partial charge in [-0.05, 0) is 36.5 Å². The van der Waals surface area contributed by atoms with Crippen LogP contribution in [0.25, 0.3) is 0 Å². The summed E-state index contributed by atoms with van der Waals surface area (Å²) in [6.07, 6.45) is -0.558. The molecule has 1 amide bonds. The van der Waals surface area contributed by atoms with Crippen LogP contribution in [0.4, 0.5) is 0 Å². The van der Waals surface area contributed by atoms with Crippen molar-refractivity contribution in [3.05, 3.63) is 35.4 Å². The molecule has 7 heteroatoms. The van der Waals surface area contributed by atoms with Gasteiger partial charge in [-0.25, -0.2) is 13.2 Å². The third kappa shape index (κ3) is 4.84. The number of nitrogens with zero attached hydrogens (tertiary/aromatic N) is 1. The number of amides is 1. The van der Waals surface area contributed by atoms with Crippen LogP contribution < -0.4 is 0 Å². The standard InChI is InChI=1S/C19H27NO5S/c1-13(17(21)20(5)16-10-11-26(23,24)12-16)25-18(22)14-6-8-15(9-7-14)19(2,3)4/h6-9,13,16H,10-12H2,1-5H3. The molecule has 0 radical (unpaired) electrons. The highest BCUT2D eigenvalue weighted by atomic mass is 32.2. The minimum atomic E-state index is -3.08. The minimum Gasteiger partial charge on any atom is -0.449 e. The number of esters is 1. The van der Waals surface area contributed by atoms with E-state index in [1.807, 2.05) is 12.1 Å². The van der Waals surface area contributed by atoms with Gasteiger partial charge in [0.05, 0.1) is 17.1 Å². The van der Waals surface area contributed by atoms with Gasteiger partial charge in [-0.2, -0.15) is 0 Å². The van der Waals surface area contributed by atoms with Crippen molar-refractivity contribution in [1.29, 1.82) is 0 Å². The van der Waals surface area contributed by atoms with Crippen molar-refractivity contribution < 1.29 is 22.7 Å². The van der Waals surface area contributed by atoms with Crippen molar-refractivity contribution in [2.75, 3.05) is 18.6 Å². The lowest BCUT2D eigenvalue weighted by molar-refractivity contribution is -0.140. The molecule has 0 saturated carbocycles. The van der Waals surface area contributed by atoms with Crippen molar-refractivity contribution in [3.8, 4) is 0 Å². The SMILES string of the molecule is CC(OC(=O)c1ccc(C(C)(C)C)cc1)C(=O)N(C)C1CCS(=O)(=O)C1. The fourth-order valence-corrected chi connectivity index (χ4v) is 4.71. The molecule has 1 aliphatic heterocycles. The van der Waals surface area contributed by atoms with Crippen LogP contribution in [-0.4, -0.2) is 55.9 Å². The highest BCUT2D eigenvalue weighted by Crippen LogP contribution is 2.23. The molecular formula is C19H27NO5S. The van der Waals surface area contributed by atoms with Gasteiger partial charge in [0.1, 0.15) is 0 Å². The lowest BCUT2D eigenvalue weighted by atomic mass is 9.87. The fraction of sp³-hybridized carbons (Fsp3) is 0.579. The first-order valence-corrected chi connectivity index (χ1v) is 10.5. The summed E-state index contributed by atoms with van der Waals surface area (Å²) < 4.78 is 28.4. The van der Waals surface area contributed by atoms with Gasteiger partial charge in [0.25, 0.3) is 5.91 Å². The second-order valence-electron chi connectivity index (χ2n) is 7.88. The predicted octanol–water partition coefficient (Wildman–Crippen LogP) is 2.17. The third-order valence-electron chi connectivity index (χ3n) is 4.72. The lowest BCUT2D eigenvalue weighted by Crippen LogP contribution is -2.44. The summed E-state index contributed by atoms with van der Waals surface area (Å²) in [5.41, 5.74) is 1.46. The Morgan fingerprint density at radius 1 is 1.19 bits per heavy atom. The van der Waals surface area contributed by atoms with Gasteiger partial charge in [-0.1, -0.05) is 32.9 Å². The van der Waals surface area contributed by atoms with Gasteiger partial charge < -0.3 is 9.64 Å². The summed E-state index contributed by atoms with van der Waals surface area (Å²) in [5.74, 6) is -0.918. The molecule has 2 rings (SSSR count). The van der Waals surface area contributed by atoms with Crippen molar-refractivity contribution in [1.82, 2.24) is 4.90 Å². The van der Waals surface area contributed by atoms with E-state index in [4.69, 9.17) is 4.74 Å². The van der Waals surface area contributed by atoms with E-state index >= 15 is 0 Å². The Morgan fingerprint density at radius 2 is 1.77 bits per heavy atom. The van der Waals surface area contributed by atoms with Crippen LogP contribution >= 0.6 is 0 Å². The van der Waals surface area contributed by atoms with E-state index in [2.05, 4.69) is 20.8 Å². The fourth-order valence-electron chi connectivity index (χ4n) is 2.93. The number of ether oxygens (including phenoxy) is 1. The van der Waals surface area contributed by atoms with Gasteiger partial charge in [-0.15, -0.1) is 0 Å². The molecule has 26 heavy (non-hydrogen) atoms. The monoisotopic (exact) mass is 381 g/mol. The Hall–Kier alpha value is -1.89. The zero-order chi connectivity index (χ0) is 19.7. The number of carbonyl (C=O) groups excluding carboxylic acids is 2. The average molecular weight is 381 g/mol. The molecule has 6 nitrogen and oxygen atoms in total. The van der Waals surface area contributed by atoms with Crippen molar-refractivity contribution in [3.63, 3.8) is 0 Å². The third-order valence-corrected chi connectivity index (χ3v) is 6.47. The number of likely N-dealkylation sites (N-methyl/N-ethyl adjacent to an activating group) is 1. The molecule has 144 valence electrons. The average Bonchev–Trinajstić information content (AvgIpc) is 2.92.